The van der Waals surface area contributed by atoms with E-state index in [4.69, 9.17) is 0 Å². The van der Waals surface area contributed by atoms with Crippen LogP contribution < -0.4 is 5.32 Å². The summed E-state index contributed by atoms with van der Waals surface area (Å²) < 4.78 is -1.09. The van der Waals surface area contributed by atoms with E-state index in [1.807, 2.05) is 6.92 Å². The molecular weight excluding hydrogens is 264 g/mol. The standard InChI is InChI=1S/C9H15BrN2O3/c1-3-5-12-7(14)9(10,4-2)6(13)11-8(12)15/h7,14H,3-5H2,1-2H3,(H,11,13,15). The van der Waals surface area contributed by atoms with E-state index in [1.54, 1.807) is 6.92 Å². The summed E-state index contributed by atoms with van der Waals surface area (Å²) in [6, 6.07) is -0.530. The molecule has 0 aromatic rings. The van der Waals surface area contributed by atoms with Crippen molar-refractivity contribution in [2.75, 3.05) is 6.54 Å². The molecule has 2 atom stereocenters. The van der Waals surface area contributed by atoms with Gasteiger partial charge in [0.1, 0.15) is 4.32 Å². The molecule has 86 valence electrons. The van der Waals surface area contributed by atoms with Crippen molar-refractivity contribution in [2.24, 2.45) is 0 Å². The van der Waals surface area contributed by atoms with Crippen molar-refractivity contribution in [2.45, 2.75) is 37.2 Å². The smallest absolute Gasteiger partial charge is 0.326 e. The second kappa shape index (κ2) is 4.49. The maximum atomic E-state index is 11.6. The molecule has 0 radical (unpaired) electrons. The third kappa shape index (κ3) is 2.01. The van der Waals surface area contributed by atoms with Crippen molar-refractivity contribution >= 4 is 27.9 Å². The molecule has 6 heteroatoms. The average Bonchev–Trinajstić information content (AvgIpc) is 2.21. The van der Waals surface area contributed by atoms with Crippen molar-refractivity contribution in [1.82, 2.24) is 10.2 Å². The molecule has 0 bridgehead atoms. The Morgan fingerprint density at radius 2 is 2.13 bits per heavy atom. The molecule has 2 N–H and O–H groups in total. The van der Waals surface area contributed by atoms with E-state index in [2.05, 4.69) is 21.2 Å². The molecule has 5 nitrogen and oxygen atoms in total. The average molecular weight is 279 g/mol. The molecule has 1 saturated heterocycles. The Kier molecular flexibility index (Phi) is 3.72. The van der Waals surface area contributed by atoms with Crippen molar-refractivity contribution in [3.05, 3.63) is 0 Å². The van der Waals surface area contributed by atoms with Gasteiger partial charge in [-0.25, -0.2) is 4.79 Å². The SMILES string of the molecule is CCCN1C(=O)NC(=O)C(Br)(CC)C1O. The van der Waals surface area contributed by atoms with Crippen LogP contribution in [-0.2, 0) is 4.79 Å². The van der Waals surface area contributed by atoms with Gasteiger partial charge in [-0.05, 0) is 12.8 Å². The van der Waals surface area contributed by atoms with Crippen molar-refractivity contribution in [3.63, 3.8) is 0 Å². The zero-order valence-electron chi connectivity index (χ0n) is 8.79. The number of nitrogens with one attached hydrogen (secondary N) is 1. The molecule has 2 unspecified atom stereocenters. The van der Waals surface area contributed by atoms with Gasteiger partial charge in [0.25, 0.3) is 0 Å². The molecule has 1 heterocycles. The van der Waals surface area contributed by atoms with E-state index < -0.39 is 22.5 Å². The monoisotopic (exact) mass is 278 g/mol. The summed E-state index contributed by atoms with van der Waals surface area (Å²) in [7, 11) is 0. The lowest BCUT2D eigenvalue weighted by Gasteiger charge is -2.41. The number of carbonyl (C=O) groups excluding carboxylic acids is 2. The quantitative estimate of drug-likeness (QED) is 0.751. The molecular formula is C9H15BrN2O3. The number of alkyl halides is 1. The number of aliphatic hydroxyl groups is 1. The van der Waals surface area contributed by atoms with Crippen LogP contribution in [0.15, 0.2) is 0 Å². The molecule has 1 fully saturated rings. The van der Waals surface area contributed by atoms with Gasteiger partial charge in [-0.3, -0.25) is 15.0 Å². The van der Waals surface area contributed by atoms with Gasteiger partial charge in [0.15, 0.2) is 6.23 Å². The molecule has 3 amide bonds. The number of rotatable bonds is 3. The Hall–Kier alpha value is -0.620. The van der Waals surface area contributed by atoms with Gasteiger partial charge in [0.05, 0.1) is 0 Å². The predicted octanol–water partition coefficient (Wildman–Crippen LogP) is 0.810. The first-order valence-corrected chi connectivity index (χ1v) is 5.75. The van der Waals surface area contributed by atoms with Crippen LogP contribution in [0.4, 0.5) is 4.79 Å². The second-order valence-corrected chi connectivity index (χ2v) is 4.96. The first kappa shape index (κ1) is 12.4. The largest absolute Gasteiger partial charge is 0.371 e. The van der Waals surface area contributed by atoms with Crippen LogP contribution >= 0.6 is 15.9 Å². The zero-order valence-corrected chi connectivity index (χ0v) is 10.4. The number of nitrogens with zero attached hydrogens (tertiary/aromatic N) is 1. The number of urea groups is 1. The molecule has 1 rings (SSSR count). The Balaban J connectivity index is 2.94. The summed E-state index contributed by atoms with van der Waals surface area (Å²) >= 11 is 3.21. The predicted molar refractivity (Wildman–Crippen MR) is 58.5 cm³/mol. The molecule has 1 aliphatic heterocycles. The van der Waals surface area contributed by atoms with Crippen molar-refractivity contribution in [1.29, 1.82) is 0 Å². The van der Waals surface area contributed by atoms with Crippen LogP contribution in [0, 0.1) is 0 Å². The number of hydrogen-bond acceptors (Lipinski definition) is 3. The number of hydrogen-bond donors (Lipinski definition) is 2. The van der Waals surface area contributed by atoms with Crippen LogP contribution in [0.5, 0.6) is 0 Å². The highest BCUT2D eigenvalue weighted by atomic mass is 79.9. The Labute approximate surface area is 96.9 Å². The summed E-state index contributed by atoms with van der Waals surface area (Å²) in [6.07, 6.45) is 0.0302. The van der Waals surface area contributed by atoms with E-state index in [0.29, 0.717) is 13.0 Å². The zero-order chi connectivity index (χ0) is 11.6. The lowest BCUT2D eigenvalue weighted by Crippen LogP contribution is -2.67. The molecule has 0 aromatic carbocycles. The fourth-order valence-electron chi connectivity index (χ4n) is 1.56. The number of amides is 3. The Bertz CT molecular complexity index is 285. The van der Waals surface area contributed by atoms with Gasteiger partial charge < -0.3 is 5.11 Å². The van der Waals surface area contributed by atoms with Crippen LogP contribution in [0.2, 0.25) is 0 Å². The highest BCUT2D eigenvalue weighted by Gasteiger charge is 2.50. The number of halogens is 1. The van der Waals surface area contributed by atoms with E-state index in [1.165, 1.54) is 4.90 Å². The van der Waals surface area contributed by atoms with Gasteiger partial charge in [-0.1, -0.05) is 29.8 Å². The molecule has 0 aliphatic carbocycles. The minimum atomic E-state index is -1.11. The first-order valence-electron chi connectivity index (χ1n) is 4.96. The van der Waals surface area contributed by atoms with Crippen LogP contribution in [0.1, 0.15) is 26.7 Å². The summed E-state index contributed by atoms with van der Waals surface area (Å²) in [6.45, 7) is 4.10. The molecule has 0 aromatic heterocycles. The minimum Gasteiger partial charge on any atom is -0.371 e. The number of imide groups is 1. The number of aliphatic hydroxyl groups excluding tert-OH is 1. The van der Waals surface area contributed by atoms with Gasteiger partial charge in [0, 0.05) is 6.54 Å². The Morgan fingerprint density at radius 1 is 1.53 bits per heavy atom. The van der Waals surface area contributed by atoms with E-state index in [-0.39, 0.29) is 0 Å². The summed E-state index contributed by atoms with van der Waals surface area (Å²) in [5, 5.41) is 12.2. The lowest BCUT2D eigenvalue weighted by molar-refractivity contribution is -0.132. The topological polar surface area (TPSA) is 69.6 Å². The van der Waals surface area contributed by atoms with Gasteiger partial charge in [-0.15, -0.1) is 0 Å². The van der Waals surface area contributed by atoms with E-state index in [0.717, 1.165) is 6.42 Å². The van der Waals surface area contributed by atoms with Gasteiger partial charge in [0.2, 0.25) is 5.91 Å². The molecule has 15 heavy (non-hydrogen) atoms. The van der Waals surface area contributed by atoms with Gasteiger partial charge >= 0.3 is 6.03 Å². The summed E-state index contributed by atoms with van der Waals surface area (Å²) in [5.41, 5.74) is 0. The van der Waals surface area contributed by atoms with Gasteiger partial charge in [-0.2, -0.15) is 0 Å². The lowest BCUT2D eigenvalue weighted by atomic mass is 10.00. The van der Waals surface area contributed by atoms with Crippen molar-refractivity contribution < 1.29 is 14.7 Å². The van der Waals surface area contributed by atoms with Crippen LogP contribution in [0.25, 0.3) is 0 Å². The maximum absolute atomic E-state index is 11.6. The maximum Gasteiger partial charge on any atom is 0.326 e. The molecule has 0 saturated carbocycles. The van der Waals surface area contributed by atoms with Crippen LogP contribution in [-0.4, -0.2) is 39.0 Å². The fraction of sp³-hybridized carbons (Fsp3) is 0.778. The van der Waals surface area contributed by atoms with Crippen LogP contribution in [0.3, 0.4) is 0 Å². The molecule has 0 spiro atoms. The summed E-state index contributed by atoms with van der Waals surface area (Å²) in [4.78, 5) is 24.2. The Morgan fingerprint density at radius 3 is 2.60 bits per heavy atom. The number of carbonyl (C=O) groups is 2. The van der Waals surface area contributed by atoms with E-state index in [9.17, 15) is 14.7 Å². The van der Waals surface area contributed by atoms with E-state index >= 15 is 0 Å². The third-order valence-electron chi connectivity index (χ3n) is 2.54. The molecule has 1 aliphatic rings. The summed E-state index contributed by atoms with van der Waals surface area (Å²) in [5.74, 6) is -0.477. The fourth-order valence-corrected chi connectivity index (χ4v) is 1.90. The third-order valence-corrected chi connectivity index (χ3v) is 3.87. The minimum absolute atomic E-state index is 0.410. The second-order valence-electron chi connectivity index (χ2n) is 3.54. The highest BCUT2D eigenvalue weighted by Crippen LogP contribution is 2.32. The van der Waals surface area contributed by atoms with Crippen molar-refractivity contribution in [3.8, 4) is 0 Å². The normalized spacial score (nSPS) is 31.7. The first-order chi connectivity index (χ1) is 6.97. The highest BCUT2D eigenvalue weighted by molar-refractivity contribution is 9.10.